The van der Waals surface area contributed by atoms with Gasteiger partial charge in [-0.3, -0.25) is 0 Å². The minimum atomic E-state index is 0.0801. The lowest BCUT2D eigenvalue weighted by Crippen LogP contribution is -1.95. The summed E-state index contributed by atoms with van der Waals surface area (Å²) in [4.78, 5) is 0. The first-order valence-corrected chi connectivity index (χ1v) is 5.59. The van der Waals surface area contributed by atoms with Crippen LogP contribution in [0.2, 0.25) is 5.02 Å². The van der Waals surface area contributed by atoms with Crippen LogP contribution in [0.5, 0.6) is 0 Å². The molecule has 0 spiro atoms. The summed E-state index contributed by atoms with van der Waals surface area (Å²) in [6.45, 7) is 0.0801. The monoisotopic (exact) mass is 232 g/mol. The molecule has 0 atom stereocenters. The Kier molecular flexibility index (Phi) is 3.60. The molecule has 2 heteroatoms. The quantitative estimate of drug-likeness (QED) is 0.860. The van der Waals surface area contributed by atoms with Gasteiger partial charge < -0.3 is 5.11 Å². The minimum Gasteiger partial charge on any atom is -0.392 e. The first kappa shape index (κ1) is 11.2. The van der Waals surface area contributed by atoms with E-state index in [9.17, 15) is 5.11 Å². The maximum Gasteiger partial charge on any atom is 0.0684 e. The fraction of sp³-hybridized carbons (Fsp3) is 0.143. The van der Waals surface area contributed by atoms with Crippen molar-refractivity contribution in [3.05, 3.63) is 70.2 Å². The van der Waals surface area contributed by atoms with Gasteiger partial charge >= 0.3 is 0 Å². The van der Waals surface area contributed by atoms with Crippen molar-refractivity contribution in [1.29, 1.82) is 0 Å². The van der Waals surface area contributed by atoms with E-state index in [1.165, 1.54) is 0 Å². The zero-order chi connectivity index (χ0) is 11.4. The van der Waals surface area contributed by atoms with Gasteiger partial charge in [-0.15, -0.1) is 0 Å². The van der Waals surface area contributed by atoms with Gasteiger partial charge in [-0.2, -0.15) is 0 Å². The highest BCUT2D eigenvalue weighted by Crippen LogP contribution is 2.17. The second-order valence-corrected chi connectivity index (χ2v) is 4.17. The van der Waals surface area contributed by atoms with E-state index in [0.717, 1.165) is 28.1 Å². The maximum absolute atomic E-state index is 9.22. The van der Waals surface area contributed by atoms with Crippen LogP contribution in [0.4, 0.5) is 0 Å². The van der Waals surface area contributed by atoms with Crippen molar-refractivity contribution in [2.45, 2.75) is 13.0 Å². The normalized spacial score (nSPS) is 10.4. The summed E-state index contributed by atoms with van der Waals surface area (Å²) < 4.78 is 0. The first-order chi connectivity index (χ1) is 7.79. The van der Waals surface area contributed by atoms with Gasteiger partial charge in [0.2, 0.25) is 0 Å². The lowest BCUT2D eigenvalue weighted by atomic mass is 10.0. The predicted octanol–water partition coefficient (Wildman–Crippen LogP) is 3.42. The van der Waals surface area contributed by atoms with E-state index in [1.807, 2.05) is 48.5 Å². The fourth-order valence-electron chi connectivity index (χ4n) is 1.75. The van der Waals surface area contributed by atoms with Gasteiger partial charge in [0.25, 0.3) is 0 Å². The van der Waals surface area contributed by atoms with Crippen LogP contribution in [0.3, 0.4) is 0 Å². The third-order valence-electron chi connectivity index (χ3n) is 2.57. The molecule has 16 heavy (non-hydrogen) atoms. The van der Waals surface area contributed by atoms with Crippen LogP contribution in [-0.2, 0) is 13.0 Å². The molecule has 0 fully saturated rings. The van der Waals surface area contributed by atoms with Crippen LogP contribution in [0.15, 0.2) is 48.5 Å². The fourth-order valence-corrected chi connectivity index (χ4v) is 1.96. The van der Waals surface area contributed by atoms with E-state index < -0.39 is 0 Å². The second kappa shape index (κ2) is 5.15. The van der Waals surface area contributed by atoms with E-state index in [-0.39, 0.29) is 6.61 Å². The van der Waals surface area contributed by atoms with E-state index >= 15 is 0 Å². The molecule has 0 aliphatic carbocycles. The average Bonchev–Trinajstić information content (AvgIpc) is 2.30. The number of aliphatic hydroxyl groups is 1. The lowest BCUT2D eigenvalue weighted by molar-refractivity contribution is 0.281. The van der Waals surface area contributed by atoms with Crippen LogP contribution in [0.25, 0.3) is 0 Å². The Morgan fingerprint density at radius 3 is 2.38 bits per heavy atom. The van der Waals surface area contributed by atoms with Crippen molar-refractivity contribution in [3.8, 4) is 0 Å². The molecule has 0 saturated carbocycles. The standard InChI is InChI=1S/C14H13ClO/c15-14-7-3-4-11(9-14)8-12-5-1-2-6-13(12)10-16/h1-7,9,16H,8,10H2. The summed E-state index contributed by atoms with van der Waals surface area (Å²) in [6, 6.07) is 15.7. The van der Waals surface area contributed by atoms with Crippen molar-refractivity contribution in [3.63, 3.8) is 0 Å². The Labute approximate surface area is 100 Å². The topological polar surface area (TPSA) is 20.2 Å². The summed E-state index contributed by atoms with van der Waals surface area (Å²) in [5.41, 5.74) is 3.28. The van der Waals surface area contributed by atoms with Crippen LogP contribution in [0, 0.1) is 0 Å². The smallest absolute Gasteiger partial charge is 0.0684 e. The third-order valence-corrected chi connectivity index (χ3v) is 2.81. The van der Waals surface area contributed by atoms with E-state index in [4.69, 9.17) is 11.6 Å². The van der Waals surface area contributed by atoms with Crippen LogP contribution < -0.4 is 0 Å². The molecule has 0 aromatic heterocycles. The van der Waals surface area contributed by atoms with E-state index in [0.29, 0.717) is 0 Å². The number of aliphatic hydroxyl groups excluding tert-OH is 1. The minimum absolute atomic E-state index is 0.0801. The molecule has 82 valence electrons. The van der Waals surface area contributed by atoms with Gasteiger partial charge in [0.1, 0.15) is 0 Å². The Morgan fingerprint density at radius 2 is 1.69 bits per heavy atom. The van der Waals surface area contributed by atoms with Crippen molar-refractivity contribution < 1.29 is 5.11 Å². The Hall–Kier alpha value is -1.31. The number of rotatable bonds is 3. The van der Waals surface area contributed by atoms with Gasteiger partial charge in [0.05, 0.1) is 6.61 Å². The van der Waals surface area contributed by atoms with Gasteiger partial charge in [-0.1, -0.05) is 48.0 Å². The summed E-state index contributed by atoms with van der Waals surface area (Å²) in [7, 11) is 0. The highest BCUT2D eigenvalue weighted by Gasteiger charge is 2.02. The van der Waals surface area contributed by atoms with Crippen molar-refractivity contribution in [2.75, 3.05) is 0 Å². The number of hydrogen-bond acceptors (Lipinski definition) is 1. The summed E-state index contributed by atoms with van der Waals surface area (Å²) in [5, 5.41) is 9.97. The molecule has 0 aliphatic heterocycles. The zero-order valence-electron chi connectivity index (χ0n) is 8.86. The number of hydrogen-bond donors (Lipinski definition) is 1. The van der Waals surface area contributed by atoms with Crippen LogP contribution in [0.1, 0.15) is 16.7 Å². The van der Waals surface area contributed by atoms with E-state index in [1.54, 1.807) is 0 Å². The van der Waals surface area contributed by atoms with E-state index in [2.05, 4.69) is 0 Å². The molecular weight excluding hydrogens is 220 g/mol. The third kappa shape index (κ3) is 2.63. The molecule has 0 heterocycles. The Morgan fingerprint density at radius 1 is 0.938 bits per heavy atom. The molecule has 0 bridgehead atoms. The first-order valence-electron chi connectivity index (χ1n) is 5.21. The second-order valence-electron chi connectivity index (χ2n) is 3.73. The molecule has 0 radical (unpaired) electrons. The van der Waals surface area contributed by atoms with Gasteiger partial charge in [-0.05, 0) is 35.2 Å². The number of halogens is 1. The summed E-state index contributed by atoms with van der Waals surface area (Å²) >= 11 is 5.94. The maximum atomic E-state index is 9.22. The van der Waals surface area contributed by atoms with Crippen LogP contribution >= 0.6 is 11.6 Å². The van der Waals surface area contributed by atoms with Crippen molar-refractivity contribution in [2.24, 2.45) is 0 Å². The van der Waals surface area contributed by atoms with Crippen molar-refractivity contribution in [1.82, 2.24) is 0 Å². The molecule has 2 aromatic rings. The van der Waals surface area contributed by atoms with Gasteiger partial charge in [0.15, 0.2) is 0 Å². The Bertz CT molecular complexity index is 480. The zero-order valence-corrected chi connectivity index (χ0v) is 9.61. The predicted molar refractivity (Wildman–Crippen MR) is 66.6 cm³/mol. The molecule has 0 saturated heterocycles. The molecular formula is C14H13ClO. The lowest BCUT2D eigenvalue weighted by Gasteiger charge is -2.07. The average molecular weight is 233 g/mol. The molecule has 1 N–H and O–H groups in total. The van der Waals surface area contributed by atoms with Gasteiger partial charge in [0, 0.05) is 5.02 Å². The highest BCUT2D eigenvalue weighted by molar-refractivity contribution is 6.30. The molecule has 0 aliphatic rings. The molecule has 2 rings (SSSR count). The highest BCUT2D eigenvalue weighted by atomic mass is 35.5. The van der Waals surface area contributed by atoms with Crippen LogP contribution in [-0.4, -0.2) is 5.11 Å². The van der Waals surface area contributed by atoms with Crippen molar-refractivity contribution >= 4 is 11.6 Å². The largest absolute Gasteiger partial charge is 0.392 e. The molecule has 1 nitrogen and oxygen atoms in total. The SMILES string of the molecule is OCc1ccccc1Cc1cccc(Cl)c1. The summed E-state index contributed by atoms with van der Waals surface area (Å²) in [6.07, 6.45) is 0.803. The van der Waals surface area contributed by atoms with Gasteiger partial charge in [-0.25, -0.2) is 0 Å². The summed E-state index contributed by atoms with van der Waals surface area (Å²) in [5.74, 6) is 0. The number of benzene rings is 2. The molecule has 2 aromatic carbocycles. The molecule has 0 unspecified atom stereocenters. The Balaban J connectivity index is 2.26. The molecule has 0 amide bonds.